The van der Waals surface area contributed by atoms with E-state index >= 15 is 0 Å². The van der Waals surface area contributed by atoms with Gasteiger partial charge in [-0.05, 0) is 36.1 Å². The summed E-state index contributed by atoms with van der Waals surface area (Å²) >= 11 is 3.04. The van der Waals surface area contributed by atoms with Crippen LogP contribution < -0.4 is 5.32 Å². The van der Waals surface area contributed by atoms with Gasteiger partial charge in [0.15, 0.2) is 0 Å². The monoisotopic (exact) mass is 385 g/mol. The fourth-order valence-corrected chi connectivity index (χ4v) is 4.30. The molecule has 2 aromatic heterocycles. The zero-order chi connectivity index (χ0) is 18.7. The molecule has 0 atom stereocenters. The number of hydrogen-bond acceptors (Lipinski definition) is 5. The lowest BCUT2D eigenvalue weighted by Gasteiger charge is -2.16. The minimum absolute atomic E-state index is 0.0446. The number of nitrogens with one attached hydrogen (secondary N) is 1. The zero-order valence-corrected chi connectivity index (χ0v) is 16.4. The van der Waals surface area contributed by atoms with Crippen molar-refractivity contribution in [1.82, 2.24) is 15.2 Å². The summed E-state index contributed by atoms with van der Waals surface area (Å²) in [6.45, 7) is 2.34. The smallest absolute Gasteiger partial charge is 0.265 e. The van der Waals surface area contributed by atoms with E-state index < -0.39 is 0 Å². The minimum atomic E-state index is -0.123. The standard InChI is InChI=1S/C19H19N3O2S2/c1-12-16(26-18(21-12)15-8-9-25-11-15)19(24)22(3)10-13-4-6-14(7-5-13)17(23)20-2/h4-9,11H,10H2,1-3H3,(H,20,23). The molecule has 0 radical (unpaired) electrons. The molecule has 0 aliphatic carbocycles. The number of amides is 2. The van der Waals surface area contributed by atoms with Gasteiger partial charge in [-0.3, -0.25) is 9.59 Å². The Morgan fingerprint density at radius 3 is 2.54 bits per heavy atom. The van der Waals surface area contributed by atoms with Gasteiger partial charge in [-0.1, -0.05) is 12.1 Å². The SMILES string of the molecule is CNC(=O)c1ccc(CN(C)C(=O)c2sc(-c3ccsc3)nc2C)cc1. The molecule has 5 nitrogen and oxygen atoms in total. The van der Waals surface area contributed by atoms with Gasteiger partial charge in [0, 0.05) is 37.1 Å². The van der Waals surface area contributed by atoms with Gasteiger partial charge in [-0.25, -0.2) is 4.98 Å². The maximum absolute atomic E-state index is 12.8. The Morgan fingerprint density at radius 2 is 1.92 bits per heavy atom. The van der Waals surface area contributed by atoms with Gasteiger partial charge in [0.25, 0.3) is 11.8 Å². The van der Waals surface area contributed by atoms with Gasteiger partial charge in [-0.15, -0.1) is 11.3 Å². The van der Waals surface area contributed by atoms with Crippen LogP contribution in [-0.2, 0) is 6.54 Å². The van der Waals surface area contributed by atoms with Gasteiger partial charge in [0.2, 0.25) is 0 Å². The van der Waals surface area contributed by atoms with Crippen LogP contribution in [0.15, 0.2) is 41.1 Å². The second kappa shape index (κ2) is 7.80. The lowest BCUT2D eigenvalue weighted by atomic mass is 10.1. The number of thiophene rings is 1. The molecule has 134 valence electrons. The van der Waals surface area contributed by atoms with Crippen molar-refractivity contribution in [1.29, 1.82) is 0 Å². The maximum Gasteiger partial charge on any atom is 0.265 e. The summed E-state index contributed by atoms with van der Waals surface area (Å²) in [6.07, 6.45) is 0. The van der Waals surface area contributed by atoms with E-state index in [1.165, 1.54) is 11.3 Å². The van der Waals surface area contributed by atoms with E-state index in [2.05, 4.69) is 10.3 Å². The number of nitrogens with zero attached hydrogens (tertiary/aromatic N) is 2. The largest absolute Gasteiger partial charge is 0.355 e. The van der Waals surface area contributed by atoms with Gasteiger partial charge in [-0.2, -0.15) is 11.3 Å². The van der Waals surface area contributed by atoms with E-state index in [9.17, 15) is 9.59 Å². The summed E-state index contributed by atoms with van der Waals surface area (Å²) in [5.41, 5.74) is 3.37. The van der Waals surface area contributed by atoms with Crippen molar-refractivity contribution in [2.75, 3.05) is 14.1 Å². The molecular weight excluding hydrogens is 366 g/mol. The van der Waals surface area contributed by atoms with Gasteiger partial charge >= 0.3 is 0 Å². The van der Waals surface area contributed by atoms with Crippen molar-refractivity contribution in [2.45, 2.75) is 13.5 Å². The number of carbonyl (C=O) groups is 2. The van der Waals surface area contributed by atoms with Crippen molar-refractivity contribution >= 4 is 34.5 Å². The highest BCUT2D eigenvalue weighted by Gasteiger charge is 2.20. The summed E-state index contributed by atoms with van der Waals surface area (Å²) in [6, 6.07) is 9.27. The van der Waals surface area contributed by atoms with Crippen LogP contribution in [0.1, 0.15) is 31.3 Å². The predicted molar refractivity (Wildman–Crippen MR) is 106 cm³/mol. The second-order valence-electron chi connectivity index (χ2n) is 5.88. The number of aryl methyl sites for hydroxylation is 1. The normalized spacial score (nSPS) is 10.6. The molecule has 0 fully saturated rings. The van der Waals surface area contributed by atoms with Crippen LogP contribution in [0.25, 0.3) is 10.6 Å². The van der Waals surface area contributed by atoms with Crippen molar-refractivity contribution in [3.05, 3.63) is 62.8 Å². The van der Waals surface area contributed by atoms with E-state index in [4.69, 9.17) is 0 Å². The molecular formula is C19H19N3O2S2. The quantitative estimate of drug-likeness (QED) is 0.726. The van der Waals surface area contributed by atoms with Crippen molar-refractivity contribution < 1.29 is 9.59 Å². The molecule has 0 unspecified atom stereocenters. The van der Waals surface area contributed by atoms with Gasteiger partial charge in [0.1, 0.15) is 9.88 Å². The third-order valence-electron chi connectivity index (χ3n) is 3.97. The molecule has 2 heterocycles. The highest BCUT2D eigenvalue weighted by molar-refractivity contribution is 7.17. The number of rotatable bonds is 5. The number of benzene rings is 1. The molecule has 0 saturated heterocycles. The van der Waals surface area contributed by atoms with E-state index in [0.29, 0.717) is 17.0 Å². The summed E-state index contributed by atoms with van der Waals surface area (Å²) in [5, 5.41) is 7.50. The van der Waals surface area contributed by atoms with Crippen molar-refractivity contribution in [2.24, 2.45) is 0 Å². The molecule has 0 spiro atoms. The highest BCUT2D eigenvalue weighted by atomic mass is 32.1. The molecule has 0 aliphatic heterocycles. The lowest BCUT2D eigenvalue weighted by molar-refractivity contribution is 0.0788. The fourth-order valence-electron chi connectivity index (χ4n) is 2.53. The molecule has 26 heavy (non-hydrogen) atoms. The minimum Gasteiger partial charge on any atom is -0.355 e. The van der Waals surface area contributed by atoms with Crippen molar-refractivity contribution in [3.63, 3.8) is 0 Å². The second-order valence-corrected chi connectivity index (χ2v) is 7.66. The Kier molecular flexibility index (Phi) is 5.49. The van der Waals surface area contributed by atoms with Crippen LogP contribution in [0.4, 0.5) is 0 Å². The molecule has 1 N–H and O–H groups in total. The van der Waals surface area contributed by atoms with E-state index in [-0.39, 0.29) is 11.8 Å². The van der Waals surface area contributed by atoms with Crippen LogP contribution >= 0.6 is 22.7 Å². The Balaban J connectivity index is 1.73. The topological polar surface area (TPSA) is 62.3 Å². The number of thiazole rings is 1. The average molecular weight is 386 g/mol. The predicted octanol–water partition coefficient (Wildman–Crippen LogP) is 3.81. The summed E-state index contributed by atoms with van der Waals surface area (Å²) in [4.78, 5) is 31.3. The van der Waals surface area contributed by atoms with Crippen molar-refractivity contribution in [3.8, 4) is 10.6 Å². The maximum atomic E-state index is 12.8. The molecule has 1 aromatic carbocycles. The first-order chi connectivity index (χ1) is 12.5. The van der Waals surface area contributed by atoms with E-state index in [1.54, 1.807) is 42.5 Å². The van der Waals surface area contributed by atoms with Gasteiger partial charge in [0.05, 0.1) is 5.69 Å². The summed E-state index contributed by atoms with van der Waals surface area (Å²) in [5.74, 6) is -0.168. The molecule has 0 saturated carbocycles. The third-order valence-corrected chi connectivity index (χ3v) is 5.85. The Morgan fingerprint density at radius 1 is 1.19 bits per heavy atom. The fraction of sp³-hybridized carbons (Fsp3) is 0.211. The molecule has 0 aliphatic rings. The first-order valence-corrected chi connectivity index (χ1v) is 9.82. The number of hydrogen-bond donors (Lipinski definition) is 1. The first kappa shape index (κ1) is 18.3. The van der Waals surface area contributed by atoms with Crippen LogP contribution in [0, 0.1) is 6.92 Å². The number of carbonyl (C=O) groups excluding carboxylic acids is 2. The van der Waals surface area contributed by atoms with Crippen LogP contribution in [0.5, 0.6) is 0 Å². The molecule has 3 aromatic rings. The molecule has 0 bridgehead atoms. The highest BCUT2D eigenvalue weighted by Crippen LogP contribution is 2.30. The van der Waals surface area contributed by atoms with Gasteiger partial charge < -0.3 is 10.2 Å². The van der Waals surface area contributed by atoms with Crippen LogP contribution in [-0.4, -0.2) is 35.8 Å². The Bertz CT molecular complexity index is 915. The molecule has 3 rings (SSSR count). The van der Waals surface area contributed by atoms with Crippen LogP contribution in [0.3, 0.4) is 0 Å². The zero-order valence-electron chi connectivity index (χ0n) is 14.8. The number of aromatic nitrogens is 1. The summed E-state index contributed by atoms with van der Waals surface area (Å²) in [7, 11) is 3.38. The first-order valence-electron chi connectivity index (χ1n) is 8.06. The van der Waals surface area contributed by atoms with E-state index in [0.717, 1.165) is 21.8 Å². The third kappa shape index (κ3) is 3.84. The molecule has 2 amide bonds. The van der Waals surface area contributed by atoms with E-state index in [1.807, 2.05) is 35.9 Å². The molecule has 7 heteroatoms. The average Bonchev–Trinajstić information content (AvgIpc) is 3.30. The summed E-state index contributed by atoms with van der Waals surface area (Å²) < 4.78 is 0. The Labute approximate surface area is 160 Å². The van der Waals surface area contributed by atoms with Crippen LogP contribution in [0.2, 0.25) is 0 Å². The Hall–Kier alpha value is -2.51. The lowest BCUT2D eigenvalue weighted by Crippen LogP contribution is -2.26.